The smallest absolute Gasteiger partial charge is 0.309 e. The Hall–Kier alpha value is -1.76. The molecule has 2 heterocycles. The fourth-order valence-corrected chi connectivity index (χ4v) is 3.27. The molecule has 0 aromatic heterocycles. The number of nitrogens with two attached hydrogens (primary N) is 1. The monoisotopic (exact) mass is 348 g/mol. The summed E-state index contributed by atoms with van der Waals surface area (Å²) >= 11 is 0. The number of nitrogens with zero attached hydrogens (tertiary/aromatic N) is 3. The lowest BCUT2D eigenvalue weighted by Crippen LogP contribution is -2.55. The molecule has 3 rings (SSSR count). The van der Waals surface area contributed by atoms with Crippen LogP contribution in [0.25, 0.3) is 0 Å². The van der Waals surface area contributed by atoms with Gasteiger partial charge in [0.05, 0.1) is 6.04 Å². The lowest BCUT2D eigenvalue weighted by Gasteiger charge is -2.31. The number of carbonyl (C=O) groups is 3. The van der Waals surface area contributed by atoms with E-state index in [1.54, 1.807) is 0 Å². The molecule has 3 aliphatic rings. The third-order valence-electron chi connectivity index (χ3n) is 4.18. The number of fused-ring (bicyclic) bond motifs is 2. The first kappa shape index (κ1) is 16.1. The van der Waals surface area contributed by atoms with Crippen LogP contribution in [0.5, 0.6) is 0 Å². The van der Waals surface area contributed by atoms with E-state index in [0.717, 1.165) is 4.90 Å². The van der Waals surface area contributed by atoms with Crippen LogP contribution < -0.4 is 5.84 Å². The maximum Gasteiger partial charge on any atom is 0.418 e. The summed E-state index contributed by atoms with van der Waals surface area (Å²) in [4.78, 5) is 37.5. The standard InChI is InChI=1S/C11H16N4O7S/c12-14(9(16)6-1-2-6)10(17)8-4-3-7-5-13(8)11(18)15(7)22-23(19,20)21/h6-8H,1-5,12H2,(H,19,20,21)/t7-,8+/m0/s1. The first-order valence-corrected chi connectivity index (χ1v) is 8.45. The lowest BCUT2D eigenvalue weighted by molar-refractivity contribution is -0.149. The van der Waals surface area contributed by atoms with Crippen molar-refractivity contribution in [3.63, 3.8) is 0 Å². The molecule has 2 saturated heterocycles. The third kappa shape index (κ3) is 3.02. The van der Waals surface area contributed by atoms with Gasteiger partial charge in [-0.3, -0.25) is 14.1 Å². The zero-order valence-corrected chi connectivity index (χ0v) is 12.8. The molecule has 0 aromatic rings. The van der Waals surface area contributed by atoms with Gasteiger partial charge in [-0.1, -0.05) is 0 Å². The highest BCUT2D eigenvalue weighted by molar-refractivity contribution is 7.80. The number of imide groups is 1. The van der Waals surface area contributed by atoms with E-state index in [4.69, 9.17) is 10.4 Å². The molecule has 0 unspecified atom stereocenters. The van der Waals surface area contributed by atoms with E-state index in [9.17, 15) is 22.8 Å². The molecule has 0 radical (unpaired) electrons. The topological polar surface area (TPSA) is 151 Å². The summed E-state index contributed by atoms with van der Waals surface area (Å²) in [6.45, 7) is 0.0518. The van der Waals surface area contributed by atoms with Gasteiger partial charge in [0.25, 0.3) is 5.91 Å². The van der Waals surface area contributed by atoms with Crippen molar-refractivity contribution in [3.8, 4) is 0 Å². The van der Waals surface area contributed by atoms with E-state index in [0.29, 0.717) is 22.9 Å². The number of piperidine rings is 1. The highest BCUT2D eigenvalue weighted by Crippen LogP contribution is 2.33. The molecule has 2 atom stereocenters. The molecule has 4 amide bonds. The Labute approximate surface area is 131 Å². The second kappa shape index (κ2) is 5.40. The molecule has 23 heavy (non-hydrogen) atoms. The van der Waals surface area contributed by atoms with Crippen molar-refractivity contribution in [1.82, 2.24) is 15.0 Å². The molecule has 12 heteroatoms. The summed E-state index contributed by atoms with van der Waals surface area (Å²) in [7, 11) is -4.85. The Kier molecular flexibility index (Phi) is 3.78. The van der Waals surface area contributed by atoms with E-state index in [1.807, 2.05) is 0 Å². The maximum absolute atomic E-state index is 12.4. The summed E-state index contributed by atoms with van der Waals surface area (Å²) < 4.78 is 34.6. The van der Waals surface area contributed by atoms with Crippen molar-refractivity contribution in [2.45, 2.75) is 37.8 Å². The predicted molar refractivity (Wildman–Crippen MR) is 72.1 cm³/mol. The third-order valence-corrected chi connectivity index (χ3v) is 4.53. The van der Waals surface area contributed by atoms with Crippen LogP contribution in [0.1, 0.15) is 25.7 Å². The largest absolute Gasteiger partial charge is 0.418 e. The Bertz CT molecular complexity index is 661. The van der Waals surface area contributed by atoms with Crippen molar-refractivity contribution in [2.75, 3.05) is 6.54 Å². The summed E-state index contributed by atoms with van der Waals surface area (Å²) in [5.41, 5.74) is 0. The summed E-state index contributed by atoms with van der Waals surface area (Å²) in [6, 6.07) is -2.42. The first-order valence-electron chi connectivity index (χ1n) is 7.08. The number of urea groups is 1. The van der Waals surface area contributed by atoms with Crippen molar-refractivity contribution in [1.29, 1.82) is 0 Å². The Morgan fingerprint density at radius 3 is 2.43 bits per heavy atom. The normalized spacial score (nSPS) is 27.3. The van der Waals surface area contributed by atoms with Gasteiger partial charge in [0.15, 0.2) is 0 Å². The number of carbonyl (C=O) groups excluding carboxylic acids is 3. The van der Waals surface area contributed by atoms with Crippen LogP contribution in [0.2, 0.25) is 0 Å². The Balaban J connectivity index is 1.73. The summed E-state index contributed by atoms with van der Waals surface area (Å²) in [5.74, 6) is 4.14. The Morgan fingerprint density at radius 1 is 1.22 bits per heavy atom. The minimum Gasteiger partial charge on any atom is -0.309 e. The van der Waals surface area contributed by atoms with Gasteiger partial charge in [-0.05, 0) is 25.7 Å². The fraction of sp³-hybridized carbons (Fsp3) is 0.727. The molecule has 2 bridgehead atoms. The van der Waals surface area contributed by atoms with Crippen molar-refractivity contribution < 1.29 is 31.6 Å². The zero-order valence-electron chi connectivity index (χ0n) is 12.0. The highest BCUT2D eigenvalue weighted by atomic mass is 32.3. The van der Waals surface area contributed by atoms with Crippen molar-refractivity contribution in [3.05, 3.63) is 0 Å². The number of hydrazine groups is 1. The minimum absolute atomic E-state index is 0.0518. The van der Waals surface area contributed by atoms with Gasteiger partial charge in [0.2, 0.25) is 5.91 Å². The molecule has 3 N–H and O–H groups in total. The van der Waals surface area contributed by atoms with Crippen LogP contribution in [0.3, 0.4) is 0 Å². The second-order valence-corrected chi connectivity index (χ2v) is 6.84. The molecule has 3 fully saturated rings. The van der Waals surface area contributed by atoms with E-state index >= 15 is 0 Å². The van der Waals surface area contributed by atoms with E-state index in [-0.39, 0.29) is 25.3 Å². The van der Waals surface area contributed by atoms with Crippen molar-refractivity contribution in [2.24, 2.45) is 11.8 Å². The molecule has 2 aliphatic heterocycles. The number of rotatable bonds is 4. The van der Waals surface area contributed by atoms with Gasteiger partial charge in [-0.2, -0.15) is 13.5 Å². The van der Waals surface area contributed by atoms with Crippen LogP contribution in [-0.2, 0) is 24.3 Å². The van der Waals surface area contributed by atoms with Crippen LogP contribution in [0.15, 0.2) is 0 Å². The zero-order chi connectivity index (χ0) is 16.9. The molecular weight excluding hydrogens is 332 g/mol. The van der Waals surface area contributed by atoms with E-state index in [2.05, 4.69) is 4.28 Å². The Morgan fingerprint density at radius 2 is 1.87 bits per heavy atom. The molecule has 0 aromatic carbocycles. The maximum atomic E-state index is 12.4. The van der Waals surface area contributed by atoms with Gasteiger partial charge in [-0.15, -0.1) is 4.28 Å². The van der Waals surface area contributed by atoms with Gasteiger partial charge in [0.1, 0.15) is 6.04 Å². The van der Waals surface area contributed by atoms with Crippen LogP contribution in [0.4, 0.5) is 4.79 Å². The van der Waals surface area contributed by atoms with Gasteiger partial charge < -0.3 is 4.90 Å². The lowest BCUT2D eigenvalue weighted by atomic mass is 10.00. The molecule has 1 saturated carbocycles. The number of hydrogen-bond acceptors (Lipinski definition) is 7. The minimum atomic E-state index is -4.85. The summed E-state index contributed by atoms with van der Waals surface area (Å²) in [6.07, 6.45) is 1.86. The van der Waals surface area contributed by atoms with Crippen molar-refractivity contribution >= 4 is 28.2 Å². The van der Waals surface area contributed by atoms with Gasteiger partial charge in [-0.25, -0.2) is 15.6 Å². The SMILES string of the molecule is NN(C(=O)C1CC1)C(=O)[C@H]1CC[C@H]2CN1C(=O)N2OS(=O)(=O)O. The molecule has 11 nitrogen and oxygen atoms in total. The molecule has 1 aliphatic carbocycles. The highest BCUT2D eigenvalue weighted by Gasteiger charge is 2.51. The molecular formula is C11H16N4O7S. The predicted octanol–water partition coefficient (Wildman–Crippen LogP) is -1.37. The van der Waals surface area contributed by atoms with Crippen LogP contribution in [0, 0.1) is 5.92 Å². The second-order valence-electron chi connectivity index (χ2n) is 5.83. The molecule has 128 valence electrons. The van der Waals surface area contributed by atoms with Gasteiger partial charge >= 0.3 is 16.4 Å². The number of hydrogen-bond donors (Lipinski definition) is 2. The first-order chi connectivity index (χ1) is 10.7. The fourth-order valence-electron chi connectivity index (χ4n) is 2.88. The molecule has 0 spiro atoms. The van der Waals surface area contributed by atoms with Crippen LogP contribution in [-0.4, -0.2) is 64.4 Å². The van der Waals surface area contributed by atoms with E-state index in [1.165, 1.54) is 0 Å². The summed E-state index contributed by atoms with van der Waals surface area (Å²) in [5, 5.41) is 1.08. The average molecular weight is 348 g/mol. The number of hydroxylamine groups is 2. The quantitative estimate of drug-likeness (QED) is 0.208. The van der Waals surface area contributed by atoms with Crippen LogP contribution >= 0.6 is 0 Å². The number of amides is 4. The van der Waals surface area contributed by atoms with E-state index < -0.39 is 40.3 Å². The van der Waals surface area contributed by atoms with Gasteiger partial charge in [0, 0.05) is 12.5 Å². The average Bonchev–Trinajstić information content (AvgIpc) is 3.30.